The van der Waals surface area contributed by atoms with E-state index in [0.29, 0.717) is 11.0 Å². The summed E-state index contributed by atoms with van der Waals surface area (Å²) in [7, 11) is 1.76. The molecule has 0 radical (unpaired) electrons. The van der Waals surface area contributed by atoms with E-state index in [0.717, 1.165) is 25.1 Å². The lowest BCUT2D eigenvalue weighted by atomic mass is 10.2. The SMILES string of the molecule is CCCCc1nc2cccnc2c(=O)n1C. The molecule has 4 heteroatoms. The molecule has 2 aromatic rings. The minimum atomic E-state index is -0.0586. The first-order valence-electron chi connectivity index (χ1n) is 5.54. The van der Waals surface area contributed by atoms with Crippen molar-refractivity contribution in [3.8, 4) is 0 Å². The van der Waals surface area contributed by atoms with Crippen molar-refractivity contribution in [3.05, 3.63) is 34.5 Å². The number of hydrogen-bond donors (Lipinski definition) is 0. The predicted molar refractivity (Wildman–Crippen MR) is 63.4 cm³/mol. The number of rotatable bonds is 3. The minimum Gasteiger partial charge on any atom is -0.298 e. The maximum absolute atomic E-state index is 12.0. The van der Waals surface area contributed by atoms with Crippen LogP contribution in [0.15, 0.2) is 23.1 Å². The van der Waals surface area contributed by atoms with Crippen molar-refractivity contribution in [2.24, 2.45) is 7.05 Å². The molecule has 0 aliphatic carbocycles. The molecule has 0 unspecified atom stereocenters. The monoisotopic (exact) mass is 217 g/mol. The number of unbranched alkanes of at least 4 members (excludes halogenated alkanes) is 1. The molecule has 0 amide bonds. The summed E-state index contributed by atoms with van der Waals surface area (Å²) in [5.74, 6) is 0.840. The fourth-order valence-electron chi connectivity index (χ4n) is 1.70. The lowest BCUT2D eigenvalue weighted by molar-refractivity contribution is 0.683. The van der Waals surface area contributed by atoms with Crippen molar-refractivity contribution in [2.45, 2.75) is 26.2 Å². The zero-order valence-corrected chi connectivity index (χ0v) is 9.60. The van der Waals surface area contributed by atoms with Gasteiger partial charge in [0.25, 0.3) is 5.56 Å². The fraction of sp³-hybridized carbons (Fsp3) is 0.417. The van der Waals surface area contributed by atoms with Crippen molar-refractivity contribution in [1.82, 2.24) is 14.5 Å². The second kappa shape index (κ2) is 4.43. The maximum atomic E-state index is 12.0. The molecule has 4 nitrogen and oxygen atoms in total. The van der Waals surface area contributed by atoms with E-state index in [-0.39, 0.29) is 5.56 Å². The van der Waals surface area contributed by atoms with Crippen LogP contribution in [-0.2, 0) is 13.5 Å². The molecule has 0 saturated carbocycles. The molecule has 0 N–H and O–H groups in total. The van der Waals surface area contributed by atoms with Crippen molar-refractivity contribution in [3.63, 3.8) is 0 Å². The smallest absolute Gasteiger partial charge is 0.279 e. The third-order valence-electron chi connectivity index (χ3n) is 2.68. The highest BCUT2D eigenvalue weighted by Gasteiger charge is 2.07. The van der Waals surface area contributed by atoms with Gasteiger partial charge in [-0.2, -0.15) is 0 Å². The maximum Gasteiger partial charge on any atom is 0.279 e. The van der Waals surface area contributed by atoms with E-state index in [2.05, 4.69) is 16.9 Å². The van der Waals surface area contributed by atoms with Gasteiger partial charge in [0.15, 0.2) is 5.52 Å². The first kappa shape index (κ1) is 10.8. The molecule has 16 heavy (non-hydrogen) atoms. The second-order valence-electron chi connectivity index (χ2n) is 3.87. The highest BCUT2D eigenvalue weighted by atomic mass is 16.1. The predicted octanol–water partition coefficient (Wildman–Crippen LogP) is 1.67. The number of aromatic nitrogens is 3. The lowest BCUT2D eigenvalue weighted by Gasteiger charge is -2.07. The molecule has 0 fully saturated rings. The molecule has 2 rings (SSSR count). The normalized spacial score (nSPS) is 10.9. The summed E-state index contributed by atoms with van der Waals surface area (Å²) < 4.78 is 1.60. The van der Waals surface area contributed by atoms with Gasteiger partial charge in [-0.25, -0.2) is 9.97 Å². The van der Waals surface area contributed by atoms with Gasteiger partial charge in [0.05, 0.1) is 5.52 Å². The van der Waals surface area contributed by atoms with E-state index in [4.69, 9.17) is 0 Å². The van der Waals surface area contributed by atoms with Crippen molar-refractivity contribution < 1.29 is 0 Å². The van der Waals surface area contributed by atoms with Gasteiger partial charge in [0.2, 0.25) is 0 Å². The Balaban J connectivity index is 2.60. The Hall–Kier alpha value is -1.71. The molecule has 0 aliphatic heterocycles. The molecule has 2 heterocycles. The summed E-state index contributed by atoms with van der Waals surface area (Å²) in [6.45, 7) is 2.13. The Kier molecular flexibility index (Phi) is 2.99. The van der Waals surface area contributed by atoms with Crippen LogP contribution in [0.25, 0.3) is 11.0 Å². The number of nitrogens with zero attached hydrogens (tertiary/aromatic N) is 3. The summed E-state index contributed by atoms with van der Waals surface area (Å²) in [5, 5.41) is 0. The van der Waals surface area contributed by atoms with Gasteiger partial charge >= 0.3 is 0 Å². The Bertz CT molecular complexity index is 560. The van der Waals surface area contributed by atoms with Crippen LogP contribution in [0.1, 0.15) is 25.6 Å². The second-order valence-corrected chi connectivity index (χ2v) is 3.87. The Morgan fingerprint density at radius 3 is 3.00 bits per heavy atom. The summed E-state index contributed by atoms with van der Waals surface area (Å²) in [6.07, 6.45) is 4.61. The number of fused-ring (bicyclic) bond motifs is 1. The summed E-state index contributed by atoms with van der Waals surface area (Å²) in [6, 6.07) is 3.64. The first-order valence-corrected chi connectivity index (χ1v) is 5.54. The minimum absolute atomic E-state index is 0.0586. The van der Waals surface area contributed by atoms with Gasteiger partial charge in [-0.15, -0.1) is 0 Å². The Labute approximate surface area is 94.0 Å². The van der Waals surface area contributed by atoms with Gasteiger partial charge in [-0.1, -0.05) is 13.3 Å². The quantitative estimate of drug-likeness (QED) is 0.785. The standard InChI is InChI=1S/C12H15N3O/c1-3-4-7-10-14-9-6-5-8-13-11(9)12(16)15(10)2/h5-6,8H,3-4,7H2,1-2H3. The van der Waals surface area contributed by atoms with Gasteiger partial charge < -0.3 is 0 Å². The van der Waals surface area contributed by atoms with Crippen LogP contribution in [0.3, 0.4) is 0 Å². The molecule has 0 spiro atoms. The molecule has 0 atom stereocenters. The summed E-state index contributed by atoms with van der Waals surface area (Å²) in [5.41, 5.74) is 1.08. The molecular formula is C12H15N3O. The first-order chi connectivity index (χ1) is 7.74. The summed E-state index contributed by atoms with van der Waals surface area (Å²) in [4.78, 5) is 20.5. The van der Waals surface area contributed by atoms with Crippen LogP contribution < -0.4 is 5.56 Å². The molecule has 2 aromatic heterocycles. The van der Waals surface area contributed by atoms with Gasteiger partial charge in [0, 0.05) is 19.7 Å². The third-order valence-corrected chi connectivity index (χ3v) is 2.68. The number of hydrogen-bond acceptors (Lipinski definition) is 3. The molecule has 0 bridgehead atoms. The van der Waals surface area contributed by atoms with E-state index in [1.807, 2.05) is 6.07 Å². The van der Waals surface area contributed by atoms with Crippen LogP contribution in [-0.4, -0.2) is 14.5 Å². The van der Waals surface area contributed by atoms with Crippen molar-refractivity contribution >= 4 is 11.0 Å². The lowest BCUT2D eigenvalue weighted by Crippen LogP contribution is -2.23. The number of aryl methyl sites for hydroxylation is 1. The topological polar surface area (TPSA) is 47.8 Å². The molecule has 84 valence electrons. The van der Waals surface area contributed by atoms with Crippen molar-refractivity contribution in [2.75, 3.05) is 0 Å². The van der Waals surface area contributed by atoms with Gasteiger partial charge in [-0.05, 0) is 18.6 Å². The van der Waals surface area contributed by atoms with E-state index in [9.17, 15) is 4.79 Å². The van der Waals surface area contributed by atoms with Crippen LogP contribution in [0.5, 0.6) is 0 Å². The number of pyridine rings is 1. The highest BCUT2D eigenvalue weighted by Crippen LogP contribution is 2.06. The molecule has 0 saturated heterocycles. The highest BCUT2D eigenvalue weighted by molar-refractivity contribution is 5.72. The van der Waals surface area contributed by atoms with E-state index >= 15 is 0 Å². The Morgan fingerprint density at radius 2 is 2.25 bits per heavy atom. The molecule has 0 aromatic carbocycles. The van der Waals surface area contributed by atoms with Gasteiger partial charge in [-0.3, -0.25) is 9.36 Å². The third kappa shape index (κ3) is 1.83. The summed E-state index contributed by atoms with van der Waals surface area (Å²) >= 11 is 0. The van der Waals surface area contributed by atoms with Crippen molar-refractivity contribution in [1.29, 1.82) is 0 Å². The van der Waals surface area contributed by atoms with Crippen LogP contribution >= 0.6 is 0 Å². The van der Waals surface area contributed by atoms with E-state index in [1.165, 1.54) is 0 Å². The van der Waals surface area contributed by atoms with E-state index < -0.39 is 0 Å². The average molecular weight is 217 g/mol. The average Bonchev–Trinajstić information content (AvgIpc) is 2.32. The van der Waals surface area contributed by atoms with Crippen LogP contribution in [0.4, 0.5) is 0 Å². The largest absolute Gasteiger partial charge is 0.298 e. The zero-order valence-electron chi connectivity index (χ0n) is 9.60. The Morgan fingerprint density at radius 1 is 1.44 bits per heavy atom. The van der Waals surface area contributed by atoms with E-state index in [1.54, 1.807) is 23.9 Å². The van der Waals surface area contributed by atoms with Crippen LogP contribution in [0, 0.1) is 0 Å². The molecular weight excluding hydrogens is 202 g/mol. The van der Waals surface area contributed by atoms with Crippen LogP contribution in [0.2, 0.25) is 0 Å². The van der Waals surface area contributed by atoms with Gasteiger partial charge in [0.1, 0.15) is 5.82 Å². The molecule has 0 aliphatic rings. The zero-order chi connectivity index (χ0) is 11.5. The fourth-order valence-corrected chi connectivity index (χ4v) is 1.70.